The molecule has 0 spiro atoms. The Labute approximate surface area is 151 Å². The summed E-state index contributed by atoms with van der Waals surface area (Å²) in [6, 6.07) is 0. The van der Waals surface area contributed by atoms with Crippen LogP contribution in [-0.2, 0) is 34.1 Å². The molecule has 0 nitrogen and oxygen atoms in total. The maximum atomic E-state index is 0. The van der Waals surface area contributed by atoms with Crippen LogP contribution in [0.4, 0.5) is 0 Å². The Morgan fingerprint density at radius 3 is 1.17 bits per heavy atom. The second kappa shape index (κ2) is 33.5. The predicted octanol–water partition coefficient (Wildman–Crippen LogP) is -2.68. The van der Waals surface area contributed by atoms with Crippen LogP contribution in [0.5, 0.6) is 0 Å². The van der Waals surface area contributed by atoms with Crippen LogP contribution in [0.3, 0.4) is 0 Å². The Morgan fingerprint density at radius 1 is 1.17 bits per heavy atom. The van der Waals surface area contributed by atoms with Gasteiger partial charge in [0.2, 0.25) is 0 Å². The first-order valence-corrected chi connectivity index (χ1v) is 0. The van der Waals surface area contributed by atoms with E-state index in [0.29, 0.717) is 0 Å². The van der Waals surface area contributed by atoms with Gasteiger partial charge < -0.3 is 5.71 Å². The fourth-order valence-corrected chi connectivity index (χ4v) is 0. The van der Waals surface area contributed by atoms with E-state index in [1.54, 1.807) is 0 Å². The molecule has 0 atom stereocenters. The van der Waals surface area contributed by atoms with E-state index in [4.69, 9.17) is 0 Å². The smallest absolute Gasteiger partial charge is 1.00 e. The van der Waals surface area contributed by atoms with Crippen LogP contribution in [0.25, 0.3) is 0 Å². The van der Waals surface area contributed by atoms with Crippen LogP contribution in [0, 0.1) is 0 Å². The molecule has 0 aliphatic rings. The topological polar surface area (TPSA) is 0 Å². The van der Waals surface area contributed by atoms with E-state index in [0.717, 1.165) is 0 Å². The summed E-state index contributed by atoms with van der Waals surface area (Å²) in [6.07, 6.45) is 0. The van der Waals surface area contributed by atoms with Gasteiger partial charge >= 0.3 is 86.6 Å². The van der Waals surface area contributed by atoms with E-state index in [1.807, 2.05) is 0 Å². The zero-order valence-corrected chi connectivity index (χ0v) is 14.1. The Kier molecular flexibility index (Phi) is 257. The molecule has 0 aromatic rings. The van der Waals surface area contributed by atoms with Crippen LogP contribution >= 0.6 is 0 Å². The van der Waals surface area contributed by atoms with Crippen molar-refractivity contribution in [1.29, 1.82) is 0 Å². The van der Waals surface area contributed by atoms with Gasteiger partial charge in [0.25, 0.3) is 0 Å². The van der Waals surface area contributed by atoms with Gasteiger partial charge in [-0.15, -0.1) is 0 Å². The number of hydrogen-bond acceptors (Lipinski definition) is 0. The second-order valence-electron chi connectivity index (χ2n) is 0. The van der Waals surface area contributed by atoms with Crippen molar-refractivity contribution in [3.05, 3.63) is 0 Å². The quantitative estimate of drug-likeness (QED) is 0.417. The van der Waals surface area contributed by atoms with Gasteiger partial charge in [-0.2, -0.15) is 0 Å². The first kappa shape index (κ1) is 46.0. The normalized spacial score (nSPS) is 0. The number of hydrogen-bond donors (Lipinski definition) is 0. The molecule has 6 heavy (non-hydrogen) atoms. The molecule has 0 saturated carbocycles. The van der Waals surface area contributed by atoms with Crippen molar-refractivity contribution < 1.29 is 39.8 Å². The average molecular weight is 353 g/mol. The molecular weight excluding hydrogens is 343 g/mol. The van der Waals surface area contributed by atoms with Gasteiger partial charge in [-0.1, -0.05) is 0 Å². The van der Waals surface area contributed by atoms with Gasteiger partial charge in [0.1, 0.15) is 0 Å². The van der Waals surface area contributed by atoms with Gasteiger partial charge in [0, 0.05) is 34.1 Å². The first-order chi connectivity index (χ1) is 0. The first-order valence-electron chi connectivity index (χ1n) is 0. The molecule has 0 aliphatic carbocycles. The standard InChI is InChI=1S/Al.Ba.Ca.Fe.Mn.H3Si.7H/h;;;;;1H3;;;;;;;/q;2*+2;;;;;;;4*-1. The molecule has 0 aromatic carbocycles. The molecule has 0 saturated heterocycles. The van der Waals surface area contributed by atoms with Crippen LogP contribution in [0.2, 0.25) is 0 Å². The molecule has 0 aliphatic heterocycles. The minimum Gasteiger partial charge on any atom is -1.00 e. The van der Waals surface area contributed by atoms with Gasteiger partial charge in [-0.25, -0.2) is 0 Å². The zero-order chi connectivity index (χ0) is 0. The van der Waals surface area contributed by atoms with Gasteiger partial charge in [0.05, 0.1) is 0 Å². The number of rotatable bonds is 0. The fraction of sp³-hybridized carbons (Fsp3) is 0. The summed E-state index contributed by atoms with van der Waals surface area (Å²) in [7, 11) is 0. The van der Waals surface area contributed by atoms with Gasteiger partial charge in [-0.05, 0) is 11.0 Å². The summed E-state index contributed by atoms with van der Waals surface area (Å²) in [5.41, 5.74) is 0. The van der Waals surface area contributed by atoms with E-state index < -0.39 is 0 Å². The third-order valence-corrected chi connectivity index (χ3v) is 0. The molecule has 0 amide bonds. The molecule has 0 rings (SSSR count). The van der Waals surface area contributed by atoms with Crippen molar-refractivity contribution in [2.45, 2.75) is 0 Å². The summed E-state index contributed by atoms with van der Waals surface area (Å²) < 4.78 is 0. The van der Waals surface area contributed by atoms with Crippen molar-refractivity contribution in [3.8, 4) is 0 Å². The Bertz CT molecular complexity index is 25.2. The maximum absolute atomic E-state index is 0. The molecule has 2 radical (unpaired) electrons. The fourth-order valence-electron chi connectivity index (χ4n) is 0. The molecular formula is H10AlBaCaFeMnSi. The van der Waals surface area contributed by atoms with Crippen molar-refractivity contribution in [1.82, 2.24) is 0 Å². The summed E-state index contributed by atoms with van der Waals surface area (Å²) in [5.74, 6) is 0. The van der Waals surface area contributed by atoms with E-state index in [1.165, 1.54) is 0 Å². The van der Waals surface area contributed by atoms with E-state index >= 15 is 0 Å². The van der Waals surface area contributed by atoms with E-state index in [9.17, 15) is 0 Å². The molecule has 6 heteroatoms. The van der Waals surface area contributed by atoms with Crippen molar-refractivity contribution in [2.24, 2.45) is 0 Å². The summed E-state index contributed by atoms with van der Waals surface area (Å²) in [4.78, 5) is 0. The van der Waals surface area contributed by atoms with Crippen LogP contribution in [-0.4, -0.2) is 115 Å². The van der Waals surface area contributed by atoms with Gasteiger partial charge in [-0.3, -0.25) is 0 Å². The maximum Gasteiger partial charge on any atom is 2.00 e. The molecule has 36 valence electrons. The predicted molar refractivity (Wildman–Crippen MR) is 35.8 cm³/mol. The summed E-state index contributed by atoms with van der Waals surface area (Å²) in [5, 5.41) is 0. The van der Waals surface area contributed by atoms with Crippen molar-refractivity contribution >= 4 is 115 Å². The van der Waals surface area contributed by atoms with E-state index in [-0.39, 0.29) is 155 Å². The van der Waals surface area contributed by atoms with Crippen LogP contribution in [0.1, 0.15) is 5.71 Å². The average Bonchev–Trinajstić information content (AvgIpc) is 0. The zero-order valence-electron chi connectivity index (χ0n) is 7.15. The van der Waals surface area contributed by atoms with E-state index in [2.05, 4.69) is 0 Å². The monoisotopic (exact) mass is 354 g/mol. The summed E-state index contributed by atoms with van der Waals surface area (Å²) in [6.45, 7) is 0. The Balaban J connectivity index is 0. The largest absolute Gasteiger partial charge is 2.00 e. The second-order valence-corrected chi connectivity index (χ2v) is 0. The summed E-state index contributed by atoms with van der Waals surface area (Å²) >= 11 is 0. The minimum atomic E-state index is 0. The van der Waals surface area contributed by atoms with Gasteiger partial charge in [0.15, 0.2) is 17.4 Å². The molecule has 0 unspecified atom stereocenters. The SMILES string of the molecule is [AlH3].[Ba+2].[Ca+2].[Fe].[H-].[H-].[H-].[H-].[Mn].[SiH3]. The third kappa shape index (κ3) is 23.5. The van der Waals surface area contributed by atoms with Crippen molar-refractivity contribution in [2.75, 3.05) is 0 Å². The molecule has 0 bridgehead atoms. The molecule has 0 fully saturated rings. The minimum absolute atomic E-state index is 0. The third-order valence-electron chi connectivity index (χ3n) is 0. The molecule has 0 aromatic heterocycles. The Morgan fingerprint density at radius 2 is 1.17 bits per heavy atom. The molecule has 0 heterocycles. The van der Waals surface area contributed by atoms with Crippen LogP contribution < -0.4 is 0 Å². The van der Waals surface area contributed by atoms with Crippen molar-refractivity contribution in [3.63, 3.8) is 0 Å². The van der Waals surface area contributed by atoms with Crippen LogP contribution in [0.15, 0.2) is 0 Å². The molecule has 0 N–H and O–H groups in total. The Hall–Kier alpha value is 4.62.